The Kier molecular flexibility index (Phi) is 9.24. The summed E-state index contributed by atoms with van der Waals surface area (Å²) in [5, 5.41) is 0. The van der Waals surface area contributed by atoms with Gasteiger partial charge in [-0.1, -0.05) is 0 Å². The van der Waals surface area contributed by atoms with Crippen molar-refractivity contribution in [1.82, 2.24) is 0 Å². The molecule has 80 valence electrons. The molecule has 0 heterocycles. The second kappa shape index (κ2) is 8.05. The topological polar surface area (TPSA) is 35.5 Å². The molecule has 0 radical (unpaired) electrons. The number of rotatable bonds is 2. The van der Waals surface area contributed by atoms with Crippen LogP contribution in [0.2, 0.25) is 0 Å². The van der Waals surface area contributed by atoms with Gasteiger partial charge in [-0.2, -0.15) is 0 Å². The van der Waals surface area contributed by atoms with E-state index in [1.807, 2.05) is 34.6 Å². The largest absolute Gasteiger partial charge is 0.460 e. The fourth-order valence-corrected chi connectivity index (χ4v) is 0.635. The van der Waals surface area contributed by atoms with Crippen LogP contribution in [-0.4, -0.2) is 24.8 Å². The second-order valence-corrected chi connectivity index (χ2v) is 3.49. The monoisotopic (exact) mass is 190 g/mol. The first-order chi connectivity index (χ1) is 5.83. The molecule has 0 aliphatic heterocycles. The summed E-state index contributed by atoms with van der Waals surface area (Å²) in [5.74, 6) is -0.225. The zero-order valence-electron chi connectivity index (χ0n) is 9.64. The van der Waals surface area contributed by atoms with Crippen LogP contribution in [0.15, 0.2) is 0 Å². The Labute approximate surface area is 81.4 Å². The highest BCUT2D eigenvalue weighted by Crippen LogP contribution is 2.05. The fraction of sp³-hybridized carbons (Fsp3) is 0.900. The average Bonchev–Trinajstić information content (AvgIpc) is 1.84. The summed E-state index contributed by atoms with van der Waals surface area (Å²) >= 11 is 0. The van der Waals surface area contributed by atoms with E-state index in [1.54, 1.807) is 0 Å². The van der Waals surface area contributed by atoms with Gasteiger partial charge < -0.3 is 9.47 Å². The molecule has 0 aromatic heterocycles. The minimum Gasteiger partial charge on any atom is -0.460 e. The molecule has 0 atom stereocenters. The molecule has 0 aromatic rings. The van der Waals surface area contributed by atoms with E-state index in [1.165, 1.54) is 6.92 Å². The highest BCUT2D eigenvalue weighted by molar-refractivity contribution is 5.66. The van der Waals surface area contributed by atoms with Crippen LogP contribution >= 0.6 is 0 Å². The van der Waals surface area contributed by atoms with Gasteiger partial charge in [-0.3, -0.25) is 4.79 Å². The molecule has 0 fully saturated rings. The van der Waals surface area contributed by atoms with Crippen molar-refractivity contribution in [3.63, 3.8) is 0 Å². The molecular weight excluding hydrogens is 168 g/mol. The van der Waals surface area contributed by atoms with Gasteiger partial charge in [0, 0.05) is 20.1 Å². The van der Waals surface area contributed by atoms with Crippen molar-refractivity contribution in [2.75, 3.05) is 13.2 Å². The zero-order chi connectivity index (χ0) is 10.9. The van der Waals surface area contributed by atoms with Gasteiger partial charge in [-0.25, -0.2) is 0 Å². The van der Waals surface area contributed by atoms with E-state index in [0.717, 1.165) is 13.2 Å². The molecule has 0 N–H and O–H groups in total. The van der Waals surface area contributed by atoms with Crippen molar-refractivity contribution in [2.24, 2.45) is 0 Å². The maximum absolute atomic E-state index is 10.2. The summed E-state index contributed by atoms with van der Waals surface area (Å²) in [6.45, 7) is 12.6. The van der Waals surface area contributed by atoms with E-state index in [9.17, 15) is 4.79 Å². The third kappa shape index (κ3) is 24.6. The smallest absolute Gasteiger partial charge is 0.303 e. The third-order valence-electron chi connectivity index (χ3n) is 0.858. The molecule has 0 bridgehead atoms. The van der Waals surface area contributed by atoms with Crippen LogP contribution in [0.1, 0.15) is 41.5 Å². The third-order valence-corrected chi connectivity index (χ3v) is 0.858. The fourth-order valence-electron chi connectivity index (χ4n) is 0.635. The van der Waals surface area contributed by atoms with Gasteiger partial charge in [0.1, 0.15) is 5.60 Å². The highest BCUT2D eigenvalue weighted by atomic mass is 16.6. The first kappa shape index (κ1) is 14.9. The standard InChI is InChI=1S/C6H12O2.C4H10O/c1-5(7)8-6(2,3)4;1-3-5-4-2/h1-4H3;3-4H2,1-2H3. The molecule has 0 rings (SSSR count). The SMILES string of the molecule is CC(=O)OC(C)(C)C.CCOCC. The summed E-state index contributed by atoms with van der Waals surface area (Å²) in [6, 6.07) is 0. The molecule has 0 amide bonds. The maximum Gasteiger partial charge on any atom is 0.303 e. The van der Waals surface area contributed by atoms with Crippen LogP contribution in [0.25, 0.3) is 0 Å². The van der Waals surface area contributed by atoms with Gasteiger partial charge in [0.05, 0.1) is 0 Å². The van der Waals surface area contributed by atoms with Crippen molar-refractivity contribution >= 4 is 5.97 Å². The van der Waals surface area contributed by atoms with E-state index >= 15 is 0 Å². The van der Waals surface area contributed by atoms with Gasteiger partial charge >= 0.3 is 5.97 Å². The molecule has 0 spiro atoms. The highest BCUT2D eigenvalue weighted by Gasteiger charge is 2.11. The molecule has 3 heteroatoms. The number of esters is 1. The Morgan fingerprint density at radius 2 is 1.54 bits per heavy atom. The van der Waals surface area contributed by atoms with Crippen molar-refractivity contribution < 1.29 is 14.3 Å². The number of ether oxygens (including phenoxy) is 2. The van der Waals surface area contributed by atoms with Gasteiger partial charge in [0.15, 0.2) is 0 Å². The van der Waals surface area contributed by atoms with Crippen molar-refractivity contribution in [1.29, 1.82) is 0 Å². The Balaban J connectivity index is 0. The summed E-state index contributed by atoms with van der Waals surface area (Å²) in [7, 11) is 0. The minimum atomic E-state index is -0.328. The number of hydrogen-bond acceptors (Lipinski definition) is 3. The minimum absolute atomic E-state index is 0.225. The molecule has 0 aromatic carbocycles. The van der Waals surface area contributed by atoms with Crippen LogP contribution in [-0.2, 0) is 14.3 Å². The lowest BCUT2D eigenvalue weighted by Gasteiger charge is -2.17. The number of hydrogen-bond donors (Lipinski definition) is 0. The Bertz CT molecular complexity index is 123. The summed E-state index contributed by atoms with van der Waals surface area (Å²) in [4.78, 5) is 10.2. The van der Waals surface area contributed by atoms with E-state index in [2.05, 4.69) is 0 Å². The normalized spacial score (nSPS) is 10.0. The molecule has 13 heavy (non-hydrogen) atoms. The number of carbonyl (C=O) groups is 1. The summed E-state index contributed by atoms with van der Waals surface area (Å²) in [5.41, 5.74) is -0.328. The van der Waals surface area contributed by atoms with E-state index in [-0.39, 0.29) is 11.6 Å². The van der Waals surface area contributed by atoms with E-state index in [4.69, 9.17) is 9.47 Å². The van der Waals surface area contributed by atoms with Crippen LogP contribution < -0.4 is 0 Å². The quantitative estimate of drug-likeness (QED) is 0.627. The Morgan fingerprint density at radius 1 is 1.15 bits per heavy atom. The Hall–Kier alpha value is -0.570. The van der Waals surface area contributed by atoms with Crippen molar-refractivity contribution in [2.45, 2.75) is 47.1 Å². The molecule has 0 saturated carbocycles. The van der Waals surface area contributed by atoms with Gasteiger partial charge in [0.25, 0.3) is 0 Å². The van der Waals surface area contributed by atoms with Crippen molar-refractivity contribution in [3.05, 3.63) is 0 Å². The second-order valence-electron chi connectivity index (χ2n) is 3.49. The molecule has 0 aliphatic rings. The molecule has 3 nitrogen and oxygen atoms in total. The van der Waals surface area contributed by atoms with E-state index in [0.29, 0.717) is 0 Å². The summed E-state index contributed by atoms with van der Waals surface area (Å²) in [6.07, 6.45) is 0. The van der Waals surface area contributed by atoms with E-state index < -0.39 is 0 Å². The average molecular weight is 190 g/mol. The maximum atomic E-state index is 10.2. The summed E-state index contributed by atoms with van der Waals surface area (Å²) < 4.78 is 9.63. The first-order valence-corrected chi connectivity index (χ1v) is 4.60. The van der Waals surface area contributed by atoms with Gasteiger partial charge in [0.2, 0.25) is 0 Å². The van der Waals surface area contributed by atoms with Crippen LogP contribution in [0.4, 0.5) is 0 Å². The van der Waals surface area contributed by atoms with Gasteiger partial charge in [-0.05, 0) is 34.6 Å². The first-order valence-electron chi connectivity index (χ1n) is 4.60. The van der Waals surface area contributed by atoms with Crippen LogP contribution in [0.3, 0.4) is 0 Å². The molecular formula is C10H22O3. The zero-order valence-corrected chi connectivity index (χ0v) is 9.64. The predicted octanol–water partition coefficient (Wildman–Crippen LogP) is 2.39. The Morgan fingerprint density at radius 3 is 1.54 bits per heavy atom. The predicted molar refractivity (Wildman–Crippen MR) is 53.7 cm³/mol. The van der Waals surface area contributed by atoms with Crippen LogP contribution in [0.5, 0.6) is 0 Å². The van der Waals surface area contributed by atoms with Gasteiger partial charge in [-0.15, -0.1) is 0 Å². The molecule has 0 aliphatic carbocycles. The number of carbonyl (C=O) groups excluding carboxylic acids is 1. The van der Waals surface area contributed by atoms with Crippen LogP contribution in [0, 0.1) is 0 Å². The lowest BCUT2D eigenvalue weighted by molar-refractivity contribution is -0.151. The lowest BCUT2D eigenvalue weighted by Crippen LogP contribution is -2.21. The molecule has 0 saturated heterocycles. The lowest BCUT2D eigenvalue weighted by atomic mass is 10.2. The molecule has 0 unspecified atom stereocenters. The van der Waals surface area contributed by atoms with Crippen molar-refractivity contribution in [3.8, 4) is 0 Å².